The molecule has 0 aliphatic rings. The van der Waals surface area contributed by atoms with Gasteiger partial charge in [-0.2, -0.15) is 0 Å². The van der Waals surface area contributed by atoms with Gasteiger partial charge in [-0.1, -0.05) is 12.1 Å². The van der Waals surface area contributed by atoms with Crippen LogP contribution >= 0.6 is 0 Å². The minimum atomic E-state index is -0.551. The van der Waals surface area contributed by atoms with Crippen molar-refractivity contribution in [2.75, 3.05) is 25.1 Å². The van der Waals surface area contributed by atoms with E-state index in [1.54, 1.807) is 32.2 Å². The van der Waals surface area contributed by atoms with E-state index >= 15 is 0 Å². The van der Waals surface area contributed by atoms with E-state index in [1.807, 2.05) is 0 Å². The number of ether oxygens (including phenoxy) is 1. The van der Waals surface area contributed by atoms with Crippen molar-refractivity contribution in [2.24, 2.45) is 0 Å². The van der Waals surface area contributed by atoms with Gasteiger partial charge in [-0.05, 0) is 19.1 Å². The average Bonchev–Trinajstić information content (AvgIpc) is 2.29. The van der Waals surface area contributed by atoms with Crippen LogP contribution in [-0.2, 0) is 14.3 Å². The Morgan fingerprint density at radius 1 is 1.33 bits per heavy atom. The molecule has 0 heterocycles. The van der Waals surface area contributed by atoms with Crippen LogP contribution in [0.25, 0.3) is 0 Å². The Hall–Kier alpha value is -1.91. The molecule has 0 amide bonds. The smallest absolute Gasteiger partial charge is 0.313 e. The first-order valence-electron chi connectivity index (χ1n) is 5.67. The van der Waals surface area contributed by atoms with Gasteiger partial charge >= 0.3 is 5.97 Å². The molecule has 98 valence electrons. The second-order valence-electron chi connectivity index (χ2n) is 3.83. The lowest BCUT2D eigenvalue weighted by molar-refractivity contribution is -0.145. The van der Waals surface area contributed by atoms with Gasteiger partial charge in [0.25, 0.3) is 0 Å². The maximum Gasteiger partial charge on any atom is 0.313 e. The molecule has 1 aromatic carbocycles. The van der Waals surface area contributed by atoms with E-state index in [0.717, 1.165) is 0 Å². The van der Waals surface area contributed by atoms with Gasteiger partial charge in [0.2, 0.25) is 0 Å². The largest absolute Gasteiger partial charge is 0.466 e. The molecule has 0 aromatic heterocycles. The fraction of sp³-hybridized carbons (Fsp3) is 0.385. The Morgan fingerprint density at radius 2 is 2.00 bits per heavy atom. The molecule has 0 bridgehead atoms. The molecule has 0 atom stereocenters. The third kappa shape index (κ3) is 4.16. The van der Waals surface area contributed by atoms with Crippen LogP contribution in [0.5, 0.6) is 0 Å². The molecule has 1 rings (SSSR count). The summed E-state index contributed by atoms with van der Waals surface area (Å²) in [5.41, 5.74) is 0.328. The highest BCUT2D eigenvalue weighted by Gasteiger charge is 2.14. The molecule has 0 aliphatic heterocycles. The van der Waals surface area contributed by atoms with Crippen LogP contribution in [-0.4, -0.2) is 32.0 Å². The summed E-state index contributed by atoms with van der Waals surface area (Å²) < 4.78 is 18.1. The van der Waals surface area contributed by atoms with E-state index < -0.39 is 11.8 Å². The molecule has 0 spiro atoms. The van der Waals surface area contributed by atoms with Crippen LogP contribution in [0.3, 0.4) is 0 Å². The van der Waals surface area contributed by atoms with E-state index in [2.05, 4.69) is 4.74 Å². The van der Waals surface area contributed by atoms with Crippen molar-refractivity contribution in [3.8, 4) is 0 Å². The summed E-state index contributed by atoms with van der Waals surface area (Å²) in [5.74, 6) is -1.26. The maximum atomic E-state index is 13.4. The van der Waals surface area contributed by atoms with Crippen LogP contribution < -0.4 is 4.90 Å². The first kappa shape index (κ1) is 14.2. The summed E-state index contributed by atoms with van der Waals surface area (Å²) in [7, 11) is 1.60. The van der Waals surface area contributed by atoms with E-state index in [9.17, 15) is 14.0 Å². The third-order valence-corrected chi connectivity index (χ3v) is 2.32. The van der Waals surface area contributed by atoms with Crippen molar-refractivity contribution in [1.82, 2.24) is 0 Å². The first-order chi connectivity index (χ1) is 8.54. The number of para-hydroxylation sites is 1. The van der Waals surface area contributed by atoms with E-state index in [4.69, 9.17) is 0 Å². The number of carbonyl (C=O) groups excluding carboxylic acids is 2. The number of likely N-dealkylation sites (N-methyl/N-ethyl adjacent to an activating group) is 1. The van der Waals surface area contributed by atoms with E-state index in [1.165, 1.54) is 11.0 Å². The molecule has 0 fully saturated rings. The zero-order valence-corrected chi connectivity index (χ0v) is 10.5. The summed E-state index contributed by atoms with van der Waals surface area (Å²) in [5, 5.41) is 0. The number of hydrogen-bond donors (Lipinski definition) is 0. The molecule has 0 radical (unpaired) electrons. The maximum absolute atomic E-state index is 13.4. The SMILES string of the molecule is CCOC(=O)CC(=O)CN(C)c1ccccc1F. The van der Waals surface area contributed by atoms with Gasteiger partial charge in [0.15, 0.2) is 5.78 Å². The van der Waals surface area contributed by atoms with Gasteiger partial charge < -0.3 is 9.64 Å². The number of Topliss-reactive ketones (excluding diaryl/α,β-unsaturated/α-hetero) is 1. The fourth-order valence-corrected chi connectivity index (χ4v) is 1.54. The monoisotopic (exact) mass is 253 g/mol. The van der Waals surface area contributed by atoms with E-state index in [0.29, 0.717) is 5.69 Å². The van der Waals surface area contributed by atoms with Gasteiger partial charge in [0.05, 0.1) is 18.8 Å². The number of benzene rings is 1. The van der Waals surface area contributed by atoms with Crippen molar-refractivity contribution in [3.05, 3.63) is 30.1 Å². The molecule has 0 saturated carbocycles. The molecule has 4 nitrogen and oxygen atoms in total. The summed E-state index contributed by atoms with van der Waals surface area (Å²) in [6.45, 7) is 1.89. The lowest BCUT2D eigenvalue weighted by atomic mass is 10.2. The number of anilines is 1. The Kier molecular flexibility index (Phi) is 5.30. The number of carbonyl (C=O) groups is 2. The van der Waals surface area contributed by atoms with Crippen molar-refractivity contribution in [3.63, 3.8) is 0 Å². The summed E-state index contributed by atoms with van der Waals surface area (Å²) in [6, 6.07) is 6.16. The van der Waals surface area contributed by atoms with Gasteiger partial charge in [-0.15, -0.1) is 0 Å². The van der Waals surface area contributed by atoms with Crippen LogP contribution in [0, 0.1) is 5.82 Å². The predicted molar refractivity (Wildman–Crippen MR) is 65.9 cm³/mol. The molecule has 18 heavy (non-hydrogen) atoms. The van der Waals surface area contributed by atoms with Gasteiger partial charge in [-0.3, -0.25) is 9.59 Å². The second kappa shape index (κ2) is 6.74. The number of nitrogens with zero attached hydrogens (tertiary/aromatic N) is 1. The third-order valence-electron chi connectivity index (χ3n) is 2.32. The molecule has 5 heteroatoms. The molecular weight excluding hydrogens is 237 g/mol. The highest BCUT2D eigenvalue weighted by molar-refractivity contribution is 5.97. The lowest BCUT2D eigenvalue weighted by Gasteiger charge is -2.18. The molecule has 0 aliphatic carbocycles. The number of rotatable bonds is 6. The Morgan fingerprint density at radius 3 is 2.61 bits per heavy atom. The van der Waals surface area contributed by atoms with Crippen molar-refractivity contribution >= 4 is 17.4 Å². The molecule has 1 aromatic rings. The lowest BCUT2D eigenvalue weighted by Crippen LogP contribution is -2.28. The second-order valence-corrected chi connectivity index (χ2v) is 3.83. The van der Waals surface area contributed by atoms with Crippen molar-refractivity contribution in [1.29, 1.82) is 0 Å². The summed E-state index contributed by atoms with van der Waals surface area (Å²) in [4.78, 5) is 24.1. The summed E-state index contributed by atoms with van der Waals surface area (Å²) in [6.07, 6.45) is -0.285. The number of halogens is 1. The van der Waals surface area contributed by atoms with Crippen LogP contribution in [0.2, 0.25) is 0 Å². The molecular formula is C13H16FNO3. The van der Waals surface area contributed by atoms with Crippen molar-refractivity contribution < 1.29 is 18.7 Å². The zero-order valence-electron chi connectivity index (χ0n) is 10.5. The topological polar surface area (TPSA) is 46.6 Å². The standard InChI is InChI=1S/C13H16FNO3/c1-3-18-13(17)8-10(16)9-15(2)12-7-5-4-6-11(12)14/h4-7H,3,8-9H2,1-2H3. The average molecular weight is 253 g/mol. The van der Waals surface area contributed by atoms with Crippen LogP contribution in [0.15, 0.2) is 24.3 Å². The van der Waals surface area contributed by atoms with Crippen molar-refractivity contribution in [2.45, 2.75) is 13.3 Å². The Labute approximate surface area is 105 Å². The molecule has 0 saturated heterocycles. The van der Waals surface area contributed by atoms with Crippen LogP contribution in [0.4, 0.5) is 10.1 Å². The number of esters is 1. The number of ketones is 1. The number of hydrogen-bond acceptors (Lipinski definition) is 4. The molecule has 0 unspecified atom stereocenters. The Balaban J connectivity index is 2.55. The molecule has 0 N–H and O–H groups in total. The first-order valence-corrected chi connectivity index (χ1v) is 5.67. The zero-order chi connectivity index (χ0) is 13.5. The highest BCUT2D eigenvalue weighted by Crippen LogP contribution is 2.16. The Bertz CT molecular complexity index is 434. The van der Waals surface area contributed by atoms with E-state index in [-0.39, 0.29) is 25.4 Å². The fourth-order valence-electron chi connectivity index (χ4n) is 1.54. The predicted octanol–water partition coefficient (Wildman–Crippen LogP) is 1.78. The normalized spacial score (nSPS) is 9.94. The van der Waals surface area contributed by atoms with Gasteiger partial charge in [-0.25, -0.2) is 4.39 Å². The minimum Gasteiger partial charge on any atom is -0.466 e. The minimum absolute atomic E-state index is 0.0280. The van der Waals surface area contributed by atoms with Gasteiger partial charge in [0.1, 0.15) is 12.2 Å². The van der Waals surface area contributed by atoms with Crippen LogP contribution in [0.1, 0.15) is 13.3 Å². The summed E-state index contributed by atoms with van der Waals surface area (Å²) >= 11 is 0. The highest BCUT2D eigenvalue weighted by atomic mass is 19.1. The van der Waals surface area contributed by atoms with Gasteiger partial charge in [0, 0.05) is 7.05 Å². The quantitative estimate of drug-likeness (QED) is 0.572.